The third kappa shape index (κ3) is 3.47. The van der Waals surface area contributed by atoms with Gasteiger partial charge in [0, 0.05) is 38.9 Å². The molecular weight excluding hydrogens is 222 g/mol. The van der Waals surface area contributed by atoms with Crippen LogP contribution in [0.3, 0.4) is 0 Å². The van der Waals surface area contributed by atoms with Crippen LogP contribution in [0.4, 0.5) is 5.69 Å². The lowest BCUT2D eigenvalue weighted by atomic mass is 10.1. The van der Waals surface area contributed by atoms with Crippen molar-refractivity contribution in [2.75, 3.05) is 39.1 Å². The van der Waals surface area contributed by atoms with Gasteiger partial charge in [-0.2, -0.15) is 0 Å². The van der Waals surface area contributed by atoms with E-state index in [4.69, 9.17) is 0 Å². The minimum absolute atomic E-state index is 0.687. The first-order valence-electron chi connectivity index (χ1n) is 6.84. The lowest BCUT2D eigenvalue weighted by Gasteiger charge is -2.31. The molecule has 0 aromatic heterocycles. The average molecular weight is 247 g/mol. The second-order valence-corrected chi connectivity index (χ2v) is 5.48. The first-order valence-corrected chi connectivity index (χ1v) is 6.84. The molecule has 3 nitrogen and oxygen atoms in total. The number of nitrogens with zero attached hydrogens (tertiary/aromatic N) is 2. The topological polar surface area (TPSA) is 18.5 Å². The van der Waals surface area contributed by atoms with Gasteiger partial charge in [0.05, 0.1) is 0 Å². The predicted molar refractivity (Wildman–Crippen MR) is 78.1 cm³/mol. The Hall–Kier alpha value is -1.06. The van der Waals surface area contributed by atoms with Gasteiger partial charge in [-0.3, -0.25) is 4.90 Å². The van der Waals surface area contributed by atoms with E-state index in [2.05, 4.69) is 60.5 Å². The number of rotatable bonds is 4. The summed E-state index contributed by atoms with van der Waals surface area (Å²) in [5, 5.41) is 3.48. The molecule has 0 amide bonds. The molecule has 0 radical (unpaired) electrons. The Morgan fingerprint density at radius 2 is 1.89 bits per heavy atom. The van der Waals surface area contributed by atoms with Crippen molar-refractivity contribution in [3.8, 4) is 0 Å². The molecule has 2 rings (SSSR count). The van der Waals surface area contributed by atoms with Gasteiger partial charge in [0.1, 0.15) is 0 Å². The smallest absolute Gasteiger partial charge is 0.0361 e. The second-order valence-electron chi connectivity index (χ2n) is 5.48. The maximum Gasteiger partial charge on any atom is 0.0361 e. The monoisotopic (exact) mass is 247 g/mol. The number of benzene rings is 1. The summed E-state index contributed by atoms with van der Waals surface area (Å²) in [6.07, 6.45) is 2.62. The van der Waals surface area contributed by atoms with Gasteiger partial charge >= 0.3 is 0 Å². The summed E-state index contributed by atoms with van der Waals surface area (Å²) >= 11 is 0. The molecule has 0 bridgehead atoms. The van der Waals surface area contributed by atoms with Crippen molar-refractivity contribution in [1.29, 1.82) is 0 Å². The van der Waals surface area contributed by atoms with Crippen molar-refractivity contribution in [3.05, 3.63) is 29.8 Å². The van der Waals surface area contributed by atoms with Crippen LogP contribution in [-0.2, 0) is 6.54 Å². The van der Waals surface area contributed by atoms with Crippen LogP contribution in [-0.4, -0.2) is 45.2 Å². The zero-order valence-corrected chi connectivity index (χ0v) is 11.8. The van der Waals surface area contributed by atoms with Crippen LogP contribution in [0.5, 0.6) is 0 Å². The Balaban J connectivity index is 1.91. The highest BCUT2D eigenvalue weighted by atomic mass is 15.2. The van der Waals surface area contributed by atoms with E-state index in [0.29, 0.717) is 6.04 Å². The third-order valence-electron chi connectivity index (χ3n) is 3.78. The van der Waals surface area contributed by atoms with Crippen molar-refractivity contribution in [2.45, 2.75) is 25.4 Å². The fraction of sp³-hybridized carbons (Fsp3) is 0.600. The Labute approximate surface area is 111 Å². The van der Waals surface area contributed by atoms with Crippen LogP contribution in [0.2, 0.25) is 0 Å². The van der Waals surface area contributed by atoms with E-state index >= 15 is 0 Å². The summed E-state index contributed by atoms with van der Waals surface area (Å²) in [5.41, 5.74) is 2.66. The Kier molecular flexibility index (Phi) is 4.61. The molecular formula is C15H25N3. The summed E-state index contributed by atoms with van der Waals surface area (Å²) in [7, 11) is 6.39. The van der Waals surface area contributed by atoms with Gasteiger partial charge < -0.3 is 10.2 Å². The summed E-state index contributed by atoms with van der Waals surface area (Å²) in [5.74, 6) is 0. The highest BCUT2D eigenvalue weighted by molar-refractivity contribution is 5.45. The summed E-state index contributed by atoms with van der Waals surface area (Å²) in [6.45, 7) is 3.36. The zero-order chi connectivity index (χ0) is 13.0. The molecule has 100 valence electrons. The molecule has 1 N–H and O–H groups in total. The minimum atomic E-state index is 0.687. The molecule has 1 aliphatic rings. The average Bonchev–Trinajstić information content (AvgIpc) is 2.40. The Morgan fingerprint density at radius 1 is 1.17 bits per heavy atom. The van der Waals surface area contributed by atoms with Crippen molar-refractivity contribution < 1.29 is 0 Å². The molecule has 1 heterocycles. The third-order valence-corrected chi connectivity index (χ3v) is 3.78. The highest BCUT2D eigenvalue weighted by Gasteiger charge is 2.17. The van der Waals surface area contributed by atoms with Gasteiger partial charge in [0.15, 0.2) is 0 Å². The van der Waals surface area contributed by atoms with Crippen LogP contribution < -0.4 is 10.2 Å². The molecule has 0 spiro atoms. The molecule has 0 aliphatic carbocycles. The van der Waals surface area contributed by atoms with E-state index in [1.54, 1.807) is 0 Å². The van der Waals surface area contributed by atoms with Gasteiger partial charge in [0.2, 0.25) is 0 Å². The van der Waals surface area contributed by atoms with Crippen LogP contribution >= 0.6 is 0 Å². The lowest BCUT2D eigenvalue weighted by molar-refractivity contribution is 0.196. The molecule has 0 saturated carbocycles. The Bertz CT molecular complexity index is 353. The molecule has 1 aromatic rings. The first-order chi connectivity index (χ1) is 8.66. The molecule has 1 atom stereocenters. The standard InChI is InChI=1S/C15H25N3/c1-17(2)14-8-6-13(7-9-14)12-18(3)15-5-4-10-16-11-15/h6-9,15-16H,4-5,10-12H2,1-3H3. The molecule has 3 heteroatoms. The van der Waals surface area contributed by atoms with Crippen molar-refractivity contribution >= 4 is 5.69 Å². The first kappa shape index (κ1) is 13.4. The summed E-state index contributed by atoms with van der Waals surface area (Å²) in [6, 6.07) is 9.56. The van der Waals surface area contributed by atoms with Crippen molar-refractivity contribution in [2.24, 2.45) is 0 Å². The van der Waals surface area contributed by atoms with Gasteiger partial charge in [-0.25, -0.2) is 0 Å². The fourth-order valence-corrected chi connectivity index (χ4v) is 2.53. The summed E-state index contributed by atoms with van der Waals surface area (Å²) in [4.78, 5) is 4.61. The maximum atomic E-state index is 3.48. The van der Waals surface area contributed by atoms with E-state index in [1.165, 1.54) is 30.6 Å². The lowest BCUT2D eigenvalue weighted by Crippen LogP contribution is -2.43. The SMILES string of the molecule is CN(C)c1ccc(CN(C)C2CCCNC2)cc1. The number of anilines is 1. The molecule has 1 saturated heterocycles. The molecule has 1 aromatic carbocycles. The number of piperidine rings is 1. The van der Waals surface area contributed by atoms with Crippen molar-refractivity contribution in [3.63, 3.8) is 0 Å². The maximum absolute atomic E-state index is 3.48. The largest absolute Gasteiger partial charge is 0.378 e. The normalized spacial score (nSPS) is 20.1. The van der Waals surface area contributed by atoms with Gasteiger partial charge in [-0.15, -0.1) is 0 Å². The van der Waals surface area contributed by atoms with E-state index < -0.39 is 0 Å². The number of hydrogen-bond acceptors (Lipinski definition) is 3. The number of hydrogen-bond donors (Lipinski definition) is 1. The van der Waals surface area contributed by atoms with E-state index in [9.17, 15) is 0 Å². The molecule has 1 fully saturated rings. The van der Waals surface area contributed by atoms with E-state index in [0.717, 1.165) is 13.1 Å². The number of likely N-dealkylation sites (N-methyl/N-ethyl adjacent to an activating group) is 1. The van der Waals surface area contributed by atoms with Crippen LogP contribution in [0.1, 0.15) is 18.4 Å². The van der Waals surface area contributed by atoms with Gasteiger partial charge in [-0.1, -0.05) is 12.1 Å². The minimum Gasteiger partial charge on any atom is -0.378 e. The van der Waals surface area contributed by atoms with Crippen LogP contribution in [0.15, 0.2) is 24.3 Å². The molecule has 1 unspecified atom stereocenters. The van der Waals surface area contributed by atoms with Crippen LogP contribution in [0, 0.1) is 0 Å². The fourth-order valence-electron chi connectivity index (χ4n) is 2.53. The van der Waals surface area contributed by atoms with Crippen LogP contribution in [0.25, 0.3) is 0 Å². The predicted octanol–water partition coefficient (Wildman–Crippen LogP) is 1.94. The second kappa shape index (κ2) is 6.21. The molecule has 18 heavy (non-hydrogen) atoms. The quantitative estimate of drug-likeness (QED) is 0.877. The van der Waals surface area contributed by atoms with E-state index in [-0.39, 0.29) is 0 Å². The van der Waals surface area contributed by atoms with Gasteiger partial charge in [0.25, 0.3) is 0 Å². The van der Waals surface area contributed by atoms with E-state index in [1.807, 2.05) is 0 Å². The zero-order valence-electron chi connectivity index (χ0n) is 11.8. The summed E-state index contributed by atoms with van der Waals surface area (Å²) < 4.78 is 0. The highest BCUT2D eigenvalue weighted by Crippen LogP contribution is 2.16. The van der Waals surface area contributed by atoms with Crippen molar-refractivity contribution in [1.82, 2.24) is 10.2 Å². The number of nitrogens with one attached hydrogen (secondary N) is 1. The molecule has 1 aliphatic heterocycles. The Morgan fingerprint density at radius 3 is 2.44 bits per heavy atom. The van der Waals surface area contributed by atoms with Gasteiger partial charge in [-0.05, 0) is 44.1 Å².